The van der Waals surface area contributed by atoms with Gasteiger partial charge in [0.1, 0.15) is 17.5 Å². The predicted molar refractivity (Wildman–Crippen MR) is 95.8 cm³/mol. The molecule has 1 N–H and O–H groups in total. The van der Waals surface area contributed by atoms with Crippen LogP contribution in [-0.4, -0.2) is 31.5 Å². The Kier molecular flexibility index (Phi) is 3.97. The summed E-state index contributed by atoms with van der Waals surface area (Å²) in [5.41, 5.74) is 2.05. The molecule has 3 aromatic rings. The maximum Gasteiger partial charge on any atom is 0.225 e. The molecule has 0 aliphatic carbocycles. The van der Waals surface area contributed by atoms with E-state index in [4.69, 9.17) is 0 Å². The first-order valence-electron chi connectivity index (χ1n) is 8.28. The van der Waals surface area contributed by atoms with Crippen molar-refractivity contribution in [2.45, 2.75) is 26.3 Å². The van der Waals surface area contributed by atoms with Crippen LogP contribution >= 0.6 is 0 Å². The number of hydrogen-bond donors (Lipinski definition) is 1. The Morgan fingerprint density at radius 1 is 1.04 bits per heavy atom. The van der Waals surface area contributed by atoms with Gasteiger partial charge < -0.3 is 10.2 Å². The summed E-state index contributed by atoms with van der Waals surface area (Å²) in [7, 11) is 0. The summed E-state index contributed by atoms with van der Waals surface area (Å²) < 4.78 is 0. The van der Waals surface area contributed by atoms with Crippen LogP contribution in [0.2, 0.25) is 0 Å². The van der Waals surface area contributed by atoms with E-state index in [1.54, 1.807) is 18.6 Å². The highest BCUT2D eigenvalue weighted by Crippen LogP contribution is 2.35. The summed E-state index contributed by atoms with van der Waals surface area (Å²) in [5, 5.41) is 3.30. The highest BCUT2D eigenvalue weighted by molar-refractivity contribution is 5.56. The Balaban J connectivity index is 1.61. The van der Waals surface area contributed by atoms with Crippen molar-refractivity contribution in [1.82, 2.24) is 24.9 Å². The van der Waals surface area contributed by atoms with E-state index in [1.807, 2.05) is 38.1 Å². The Morgan fingerprint density at radius 3 is 2.56 bits per heavy atom. The van der Waals surface area contributed by atoms with Gasteiger partial charge in [0, 0.05) is 31.2 Å². The molecular formula is C18H19N7. The van der Waals surface area contributed by atoms with Crippen molar-refractivity contribution >= 4 is 17.6 Å². The molecule has 1 aliphatic heterocycles. The van der Waals surface area contributed by atoms with Crippen molar-refractivity contribution < 1.29 is 0 Å². The molecule has 126 valence electrons. The fraction of sp³-hybridized carbons (Fsp3) is 0.278. The lowest BCUT2D eigenvalue weighted by molar-refractivity contribution is 0.444. The van der Waals surface area contributed by atoms with Gasteiger partial charge in [-0.15, -0.1) is 0 Å². The van der Waals surface area contributed by atoms with Crippen molar-refractivity contribution in [3.05, 3.63) is 59.9 Å². The van der Waals surface area contributed by atoms with Crippen LogP contribution in [0.15, 0.2) is 42.9 Å². The summed E-state index contributed by atoms with van der Waals surface area (Å²) in [6.07, 6.45) is 6.32. The highest BCUT2D eigenvalue weighted by Gasteiger charge is 2.32. The molecule has 3 aromatic heterocycles. The molecule has 4 heterocycles. The van der Waals surface area contributed by atoms with Crippen LogP contribution in [0.4, 0.5) is 17.6 Å². The monoisotopic (exact) mass is 333 g/mol. The number of aromatic nitrogens is 5. The van der Waals surface area contributed by atoms with E-state index in [0.717, 1.165) is 47.6 Å². The van der Waals surface area contributed by atoms with Crippen LogP contribution in [0.1, 0.15) is 29.5 Å². The average Bonchev–Trinajstić information content (AvgIpc) is 2.56. The molecule has 1 fully saturated rings. The van der Waals surface area contributed by atoms with Gasteiger partial charge in [0.05, 0.1) is 11.7 Å². The molecule has 0 bridgehead atoms. The lowest BCUT2D eigenvalue weighted by Crippen LogP contribution is -2.42. The van der Waals surface area contributed by atoms with Gasteiger partial charge in [0.25, 0.3) is 0 Å². The number of nitrogens with zero attached hydrogens (tertiary/aromatic N) is 6. The van der Waals surface area contributed by atoms with Crippen LogP contribution in [-0.2, 0) is 0 Å². The molecule has 1 atom stereocenters. The van der Waals surface area contributed by atoms with Gasteiger partial charge in [-0.1, -0.05) is 6.07 Å². The number of aryl methyl sites for hydroxylation is 2. The van der Waals surface area contributed by atoms with Gasteiger partial charge >= 0.3 is 0 Å². The van der Waals surface area contributed by atoms with Crippen molar-refractivity contribution in [2.24, 2.45) is 0 Å². The fourth-order valence-corrected chi connectivity index (χ4v) is 2.94. The zero-order chi connectivity index (χ0) is 17.2. The third-order valence-corrected chi connectivity index (χ3v) is 4.28. The van der Waals surface area contributed by atoms with Crippen molar-refractivity contribution in [1.29, 1.82) is 0 Å². The second-order valence-corrected chi connectivity index (χ2v) is 6.07. The summed E-state index contributed by atoms with van der Waals surface area (Å²) in [6, 6.07) is 7.92. The first kappa shape index (κ1) is 15.4. The molecule has 0 amide bonds. The maximum absolute atomic E-state index is 4.63. The minimum atomic E-state index is 0.175. The molecule has 4 rings (SSSR count). The van der Waals surface area contributed by atoms with Gasteiger partial charge in [-0.2, -0.15) is 0 Å². The molecular weight excluding hydrogens is 314 g/mol. The Labute approximate surface area is 146 Å². The summed E-state index contributed by atoms with van der Waals surface area (Å²) in [5.74, 6) is 3.04. The SMILES string of the molecule is Cc1nc(Nc2ncccc2C)cc([C@H]2CCN2c2ncccn2)n1. The zero-order valence-electron chi connectivity index (χ0n) is 14.2. The van der Waals surface area contributed by atoms with Crippen LogP contribution in [0.25, 0.3) is 0 Å². The molecule has 1 aliphatic rings. The lowest BCUT2D eigenvalue weighted by atomic mass is 10.00. The van der Waals surface area contributed by atoms with Crippen molar-refractivity contribution in [3.63, 3.8) is 0 Å². The Morgan fingerprint density at radius 2 is 1.84 bits per heavy atom. The number of anilines is 3. The summed E-state index contributed by atoms with van der Waals surface area (Å²) in [4.78, 5) is 24.4. The third-order valence-electron chi connectivity index (χ3n) is 4.28. The predicted octanol–water partition coefficient (Wildman–Crippen LogP) is 2.97. The largest absolute Gasteiger partial charge is 0.332 e. The van der Waals surface area contributed by atoms with Crippen LogP contribution < -0.4 is 10.2 Å². The van der Waals surface area contributed by atoms with E-state index in [9.17, 15) is 0 Å². The standard InChI is InChI=1S/C18H19N7/c1-12-5-3-7-19-17(12)24-16-11-14(22-13(2)23-16)15-6-10-25(15)18-20-8-4-9-21-18/h3-5,7-9,11,15H,6,10H2,1-2H3,(H,19,22,23,24)/t15-/m1/s1. The van der Waals surface area contributed by atoms with Crippen LogP contribution in [0, 0.1) is 13.8 Å². The summed E-state index contributed by atoms with van der Waals surface area (Å²) >= 11 is 0. The second-order valence-electron chi connectivity index (χ2n) is 6.07. The van der Waals surface area contributed by atoms with E-state index >= 15 is 0 Å². The molecule has 7 heteroatoms. The molecule has 1 saturated heterocycles. The topological polar surface area (TPSA) is 79.7 Å². The van der Waals surface area contributed by atoms with E-state index in [0.29, 0.717) is 0 Å². The molecule has 7 nitrogen and oxygen atoms in total. The molecule has 25 heavy (non-hydrogen) atoms. The molecule has 0 radical (unpaired) electrons. The number of pyridine rings is 1. The van der Waals surface area contributed by atoms with E-state index in [-0.39, 0.29) is 6.04 Å². The highest BCUT2D eigenvalue weighted by atomic mass is 15.3. The lowest BCUT2D eigenvalue weighted by Gasteiger charge is -2.40. The maximum atomic E-state index is 4.63. The number of nitrogens with one attached hydrogen (secondary N) is 1. The van der Waals surface area contributed by atoms with Gasteiger partial charge in [-0.05, 0) is 38.0 Å². The Bertz CT molecular complexity index is 882. The summed E-state index contributed by atoms with van der Waals surface area (Å²) in [6.45, 7) is 4.85. The van der Waals surface area contributed by atoms with Crippen LogP contribution in [0.3, 0.4) is 0 Å². The first-order valence-corrected chi connectivity index (χ1v) is 8.28. The van der Waals surface area contributed by atoms with E-state index in [2.05, 4.69) is 35.1 Å². The van der Waals surface area contributed by atoms with Gasteiger partial charge in [-0.25, -0.2) is 24.9 Å². The third kappa shape index (κ3) is 3.13. The minimum absolute atomic E-state index is 0.175. The van der Waals surface area contributed by atoms with E-state index in [1.165, 1.54) is 0 Å². The quantitative estimate of drug-likeness (QED) is 0.786. The zero-order valence-corrected chi connectivity index (χ0v) is 14.2. The van der Waals surface area contributed by atoms with Crippen LogP contribution in [0.5, 0.6) is 0 Å². The van der Waals surface area contributed by atoms with Gasteiger partial charge in [0.2, 0.25) is 5.95 Å². The first-order chi connectivity index (χ1) is 12.2. The van der Waals surface area contributed by atoms with Gasteiger partial charge in [-0.3, -0.25) is 0 Å². The van der Waals surface area contributed by atoms with Gasteiger partial charge in [0.15, 0.2) is 0 Å². The average molecular weight is 333 g/mol. The second kappa shape index (κ2) is 6.43. The smallest absolute Gasteiger partial charge is 0.225 e. The molecule has 0 saturated carbocycles. The van der Waals surface area contributed by atoms with E-state index < -0.39 is 0 Å². The fourth-order valence-electron chi connectivity index (χ4n) is 2.94. The number of rotatable bonds is 4. The van der Waals surface area contributed by atoms with Crippen molar-refractivity contribution in [2.75, 3.05) is 16.8 Å². The van der Waals surface area contributed by atoms with Crippen molar-refractivity contribution in [3.8, 4) is 0 Å². The molecule has 0 spiro atoms. The Hall–Kier alpha value is -3.09. The normalized spacial score (nSPS) is 16.4. The molecule has 0 aromatic carbocycles. The minimum Gasteiger partial charge on any atom is -0.332 e. The number of hydrogen-bond acceptors (Lipinski definition) is 7. The molecule has 0 unspecified atom stereocenters.